The number of rotatable bonds is 30. The summed E-state index contributed by atoms with van der Waals surface area (Å²) in [6.07, 6.45) is 0.326. The van der Waals surface area contributed by atoms with E-state index in [0.29, 0.717) is 0 Å². The van der Waals surface area contributed by atoms with E-state index >= 15 is 0 Å². The summed E-state index contributed by atoms with van der Waals surface area (Å²) in [6.45, 7) is 36.2. The summed E-state index contributed by atoms with van der Waals surface area (Å²) in [6, 6.07) is -6.71. The second kappa shape index (κ2) is 30.3. The molecule has 0 aliphatic carbocycles. The van der Waals surface area contributed by atoms with E-state index in [9.17, 15) is 47.9 Å². The first-order chi connectivity index (χ1) is 34.0. The maximum atomic E-state index is 14.2. The third kappa shape index (κ3) is 26.7. The van der Waals surface area contributed by atoms with Gasteiger partial charge >= 0.3 is 12.1 Å². The van der Waals surface area contributed by atoms with Crippen molar-refractivity contribution in [2.45, 2.75) is 242 Å². The van der Waals surface area contributed by atoms with Crippen molar-refractivity contribution >= 4 is 59.3 Å². The van der Waals surface area contributed by atoms with E-state index in [1.54, 1.807) is 20.8 Å². The minimum Gasteiger partial charge on any atom is -0.467 e. The van der Waals surface area contributed by atoms with E-state index in [0.717, 1.165) is 0 Å². The highest BCUT2D eigenvalue weighted by molar-refractivity contribution is 6.00. The number of methoxy groups -OCH3 is 1. The van der Waals surface area contributed by atoms with Crippen molar-refractivity contribution < 1.29 is 57.4 Å². The quantitative estimate of drug-likeness (QED) is 0.0452. The van der Waals surface area contributed by atoms with Crippen molar-refractivity contribution in [1.29, 1.82) is 0 Å². The monoisotopic (exact) mass is 1070 g/mol. The summed E-state index contributed by atoms with van der Waals surface area (Å²) < 4.78 is 10.2. The number of alkyl carbamates (subject to hydrolysis) is 1. The smallest absolute Gasteiger partial charge is 0.408 e. The fraction of sp³-hybridized carbons (Fsp3) is 0.815. The fourth-order valence-electron chi connectivity index (χ4n) is 7.77. The SMILES string of the molecule is COC(=O)C(C)(C)NC(=O)[C@H](CC(C)C)NC(=O)[C@@H](CC(C)C)NC(=O)C(C)(C)NC(=O)[C@H](CC(C)C)NC(=O)[C@@H](CC(C)C)NC(=O)C(C)(C)NC(=O)[C@H](CC(C)C)NC(=O)[C@H](CC(C)C)NC(=O)OC(C)(C)C. The lowest BCUT2D eigenvalue weighted by Gasteiger charge is -2.33. The third-order valence-electron chi connectivity index (χ3n) is 11.5. The lowest BCUT2D eigenvalue weighted by Crippen LogP contribution is -2.64. The largest absolute Gasteiger partial charge is 0.467 e. The van der Waals surface area contributed by atoms with Gasteiger partial charge in [-0.25, -0.2) is 9.59 Å². The molecule has 9 amide bonds. The Kier molecular flexibility index (Phi) is 28.1. The molecule has 9 N–H and O–H groups in total. The van der Waals surface area contributed by atoms with Crippen molar-refractivity contribution in [1.82, 2.24) is 47.9 Å². The lowest BCUT2D eigenvalue weighted by molar-refractivity contribution is -0.149. The van der Waals surface area contributed by atoms with Gasteiger partial charge in [0.1, 0.15) is 58.5 Å². The van der Waals surface area contributed by atoms with E-state index in [2.05, 4.69) is 47.9 Å². The normalized spacial score (nSPS) is 14.7. The number of carbonyl (C=O) groups excluding carboxylic acids is 10. The first-order valence-electron chi connectivity index (χ1n) is 26.6. The molecule has 0 fully saturated rings. The zero-order chi connectivity index (χ0) is 58.7. The van der Waals surface area contributed by atoms with Gasteiger partial charge in [0.25, 0.3) is 0 Å². The van der Waals surface area contributed by atoms with Gasteiger partial charge in [-0.1, -0.05) is 83.1 Å². The van der Waals surface area contributed by atoms with Gasteiger partial charge in [-0.15, -0.1) is 0 Å². The predicted octanol–water partition coefficient (Wildman–Crippen LogP) is 4.44. The maximum Gasteiger partial charge on any atom is 0.408 e. The molecule has 432 valence electrons. The number of carbonyl (C=O) groups is 10. The molecule has 0 saturated carbocycles. The molecule has 0 saturated heterocycles. The van der Waals surface area contributed by atoms with Crippen LogP contribution >= 0.6 is 0 Å². The zero-order valence-electron chi connectivity index (χ0n) is 49.6. The van der Waals surface area contributed by atoms with Gasteiger partial charge in [0.15, 0.2) is 0 Å². The molecule has 0 aromatic heterocycles. The molecule has 0 heterocycles. The van der Waals surface area contributed by atoms with Crippen molar-refractivity contribution in [2.24, 2.45) is 35.5 Å². The summed E-state index contributed by atoms with van der Waals surface area (Å²) in [5, 5.41) is 24.5. The molecule has 0 aliphatic heterocycles. The van der Waals surface area contributed by atoms with E-state index in [4.69, 9.17) is 9.47 Å². The number of amides is 9. The molecule has 0 aromatic carbocycles. The highest BCUT2D eigenvalue weighted by Crippen LogP contribution is 2.17. The zero-order valence-corrected chi connectivity index (χ0v) is 49.6. The Bertz CT molecular complexity index is 1960. The average Bonchev–Trinajstić information content (AvgIpc) is 3.22. The first-order valence-corrected chi connectivity index (χ1v) is 26.6. The molecular formula is C54H99N9O12. The minimum absolute atomic E-state index is 0.0107. The molecule has 0 spiro atoms. The number of nitrogens with one attached hydrogen (secondary N) is 9. The maximum absolute atomic E-state index is 14.2. The Morgan fingerprint density at radius 2 is 0.560 bits per heavy atom. The summed E-state index contributed by atoms with van der Waals surface area (Å²) in [5.74, 6) is -6.56. The van der Waals surface area contributed by atoms with Gasteiger partial charge in [0.2, 0.25) is 47.3 Å². The van der Waals surface area contributed by atoms with Crippen molar-refractivity contribution in [3.63, 3.8) is 0 Å². The topological polar surface area (TPSA) is 297 Å². The highest BCUT2D eigenvalue weighted by Gasteiger charge is 2.40. The molecule has 21 nitrogen and oxygen atoms in total. The van der Waals surface area contributed by atoms with E-state index in [1.165, 1.54) is 48.7 Å². The molecular weight excluding hydrogens is 967 g/mol. The van der Waals surface area contributed by atoms with Crippen LogP contribution in [0.3, 0.4) is 0 Å². The summed E-state index contributed by atoms with van der Waals surface area (Å²) >= 11 is 0. The average molecular weight is 1070 g/mol. The predicted molar refractivity (Wildman–Crippen MR) is 288 cm³/mol. The van der Waals surface area contributed by atoms with Gasteiger partial charge in [0, 0.05) is 0 Å². The van der Waals surface area contributed by atoms with Gasteiger partial charge in [-0.3, -0.25) is 38.4 Å². The fourth-order valence-corrected chi connectivity index (χ4v) is 7.77. The molecule has 0 aliphatic rings. The summed E-state index contributed by atoms with van der Waals surface area (Å²) in [5.41, 5.74) is -5.48. The molecule has 6 atom stereocenters. The highest BCUT2D eigenvalue weighted by atomic mass is 16.6. The van der Waals surface area contributed by atoms with Crippen LogP contribution in [-0.4, -0.2) is 125 Å². The minimum atomic E-state index is -1.64. The number of ether oxygens (including phenoxy) is 2. The van der Waals surface area contributed by atoms with Crippen LogP contribution < -0.4 is 47.9 Å². The van der Waals surface area contributed by atoms with Gasteiger partial charge in [0.05, 0.1) is 7.11 Å². The molecule has 0 aromatic rings. The Balaban J connectivity index is 6.48. The number of hydrogen-bond donors (Lipinski definition) is 9. The Morgan fingerprint density at radius 3 is 0.787 bits per heavy atom. The second-order valence-electron chi connectivity index (χ2n) is 25.0. The van der Waals surface area contributed by atoms with Crippen LogP contribution in [-0.2, 0) is 52.6 Å². The Morgan fingerprint density at radius 1 is 0.333 bits per heavy atom. The standard InChI is InChI=1S/C54H99N9O12/c1-29(2)23-35(58-48(71)53(18,19)62-45(68)39(27-33(9)10)57-43(66)37(25-31(5)6)60-50(73)75-51(13,14)15)41(64)55-38(26-32(7)8)44(67)61-52(16,17)47(70)59-36(24-30(3)4)42(65)56-40(28-34(11)12)46(69)63-54(20,21)49(72)74-22/h29-40H,23-28H2,1-22H3,(H,55,64)(H,56,65)(H,57,66)(H,58,71)(H,59,70)(H,60,73)(H,61,67)(H,62,68)(H,63,69)/t35-,36-,37+,38+,39+,40+/m1/s1. The van der Waals surface area contributed by atoms with Crippen LogP contribution in [0.5, 0.6) is 0 Å². The summed E-state index contributed by atoms with van der Waals surface area (Å²) in [4.78, 5) is 136. The van der Waals surface area contributed by atoms with E-state index in [1.807, 2.05) is 83.1 Å². The van der Waals surface area contributed by atoms with Crippen molar-refractivity contribution in [2.75, 3.05) is 7.11 Å². The van der Waals surface area contributed by atoms with Gasteiger partial charge in [-0.05, 0) is 136 Å². The van der Waals surface area contributed by atoms with E-state index < -0.39 is 118 Å². The Labute approximate surface area is 448 Å². The number of hydrogen-bond acceptors (Lipinski definition) is 12. The third-order valence-corrected chi connectivity index (χ3v) is 11.5. The molecule has 0 bridgehead atoms. The summed E-state index contributed by atoms with van der Waals surface area (Å²) in [7, 11) is 1.20. The second-order valence-corrected chi connectivity index (χ2v) is 25.0. The van der Waals surface area contributed by atoms with Crippen molar-refractivity contribution in [3.05, 3.63) is 0 Å². The molecule has 75 heavy (non-hydrogen) atoms. The van der Waals surface area contributed by atoms with Crippen LogP contribution in [0.15, 0.2) is 0 Å². The van der Waals surface area contributed by atoms with Crippen molar-refractivity contribution in [3.8, 4) is 0 Å². The Hall–Kier alpha value is -5.50. The molecule has 0 rings (SSSR count). The van der Waals surface area contributed by atoms with E-state index in [-0.39, 0.29) is 74.0 Å². The van der Waals surface area contributed by atoms with Gasteiger partial charge < -0.3 is 57.3 Å². The van der Waals surface area contributed by atoms with Gasteiger partial charge in [-0.2, -0.15) is 0 Å². The van der Waals surface area contributed by atoms with Crippen LogP contribution in [0.4, 0.5) is 4.79 Å². The molecule has 0 unspecified atom stereocenters. The van der Waals surface area contributed by atoms with Crippen LogP contribution in [0.25, 0.3) is 0 Å². The molecule has 21 heteroatoms. The van der Waals surface area contributed by atoms with Crippen LogP contribution in [0, 0.1) is 35.5 Å². The number of esters is 1. The molecule has 0 radical (unpaired) electrons. The lowest BCUT2D eigenvalue weighted by atomic mass is 9.96. The van der Waals surface area contributed by atoms with Crippen LogP contribution in [0.1, 0.15) is 184 Å². The van der Waals surface area contributed by atoms with Crippen LogP contribution in [0.2, 0.25) is 0 Å². The first kappa shape index (κ1) is 69.5.